The van der Waals surface area contributed by atoms with Gasteiger partial charge in [0, 0.05) is 12.0 Å². The quantitative estimate of drug-likeness (QED) is 0.838. The van der Waals surface area contributed by atoms with Crippen LogP contribution in [-0.2, 0) is 12.8 Å². The first kappa shape index (κ1) is 16.3. The van der Waals surface area contributed by atoms with E-state index >= 15 is 0 Å². The van der Waals surface area contributed by atoms with E-state index in [1.165, 1.54) is 11.1 Å². The van der Waals surface area contributed by atoms with Gasteiger partial charge in [0.05, 0.1) is 12.7 Å². The molecule has 1 aliphatic rings. The molecule has 1 heterocycles. The fourth-order valence-corrected chi connectivity index (χ4v) is 3.30. The lowest BCUT2D eigenvalue weighted by Crippen LogP contribution is -2.52. The number of nitrogens with zero attached hydrogens (tertiary/aromatic N) is 1. The molecule has 3 nitrogen and oxygen atoms in total. The Kier molecular flexibility index (Phi) is 5.28. The van der Waals surface area contributed by atoms with Gasteiger partial charge in [-0.3, -0.25) is 4.90 Å². The van der Waals surface area contributed by atoms with Crippen molar-refractivity contribution in [1.82, 2.24) is 4.90 Å². The molecule has 0 aliphatic carbocycles. The highest BCUT2D eigenvalue weighted by atomic mass is 16.5. The topological polar surface area (TPSA) is 32.7 Å². The summed E-state index contributed by atoms with van der Waals surface area (Å²) in [6.07, 6.45) is 2.40. The summed E-state index contributed by atoms with van der Waals surface area (Å²) >= 11 is 0. The molecule has 1 aromatic carbocycles. The molecular formula is C18H29NO2. The van der Waals surface area contributed by atoms with Gasteiger partial charge in [-0.05, 0) is 57.0 Å². The zero-order valence-electron chi connectivity index (χ0n) is 13.9. The van der Waals surface area contributed by atoms with Crippen LogP contribution in [0.2, 0.25) is 0 Å². The molecule has 1 atom stereocenters. The van der Waals surface area contributed by atoms with E-state index in [9.17, 15) is 5.11 Å². The standard InChI is InChI=1S/C18H29NO2/c1-5-19(6-2)18(3,4)17(20)10-8-14-7-9-16-15(13-14)11-12-21-16/h7,9,13,17,20H,5-6,8,10-12H2,1-4H3. The van der Waals surface area contributed by atoms with Gasteiger partial charge in [-0.15, -0.1) is 0 Å². The van der Waals surface area contributed by atoms with Gasteiger partial charge in [0.25, 0.3) is 0 Å². The third-order valence-electron chi connectivity index (χ3n) is 4.85. The Morgan fingerprint density at radius 1 is 1.29 bits per heavy atom. The van der Waals surface area contributed by atoms with E-state index in [1.54, 1.807) is 0 Å². The molecule has 0 saturated heterocycles. The molecule has 1 aromatic rings. The Balaban J connectivity index is 1.96. The van der Waals surface area contributed by atoms with Crippen molar-refractivity contribution in [1.29, 1.82) is 0 Å². The summed E-state index contributed by atoms with van der Waals surface area (Å²) in [5, 5.41) is 10.6. The van der Waals surface area contributed by atoms with E-state index in [4.69, 9.17) is 4.74 Å². The van der Waals surface area contributed by atoms with Crippen molar-refractivity contribution in [2.45, 2.75) is 58.6 Å². The Bertz CT molecular complexity index is 466. The van der Waals surface area contributed by atoms with Crippen LogP contribution >= 0.6 is 0 Å². The van der Waals surface area contributed by atoms with Gasteiger partial charge >= 0.3 is 0 Å². The molecular weight excluding hydrogens is 262 g/mol. The van der Waals surface area contributed by atoms with Crippen LogP contribution in [0, 0.1) is 0 Å². The molecule has 3 heteroatoms. The van der Waals surface area contributed by atoms with Crippen molar-refractivity contribution in [3.05, 3.63) is 29.3 Å². The molecule has 0 amide bonds. The second kappa shape index (κ2) is 6.80. The molecule has 1 aliphatic heterocycles. The number of aryl methyl sites for hydroxylation is 1. The largest absolute Gasteiger partial charge is 0.493 e. The van der Waals surface area contributed by atoms with Crippen LogP contribution in [0.1, 0.15) is 45.2 Å². The van der Waals surface area contributed by atoms with Gasteiger partial charge < -0.3 is 9.84 Å². The first-order valence-corrected chi connectivity index (χ1v) is 8.16. The van der Waals surface area contributed by atoms with Gasteiger partial charge in [0.1, 0.15) is 5.75 Å². The second-order valence-electron chi connectivity index (χ2n) is 6.42. The predicted octanol–water partition coefficient (Wildman–Crippen LogP) is 3.04. The average molecular weight is 291 g/mol. The van der Waals surface area contributed by atoms with Crippen LogP contribution in [0.4, 0.5) is 0 Å². The summed E-state index contributed by atoms with van der Waals surface area (Å²) in [6.45, 7) is 11.3. The van der Waals surface area contributed by atoms with Gasteiger partial charge in [0.15, 0.2) is 0 Å². The van der Waals surface area contributed by atoms with Crippen molar-refractivity contribution in [2.24, 2.45) is 0 Å². The van der Waals surface area contributed by atoms with Crippen molar-refractivity contribution < 1.29 is 9.84 Å². The van der Waals surface area contributed by atoms with Crippen molar-refractivity contribution in [3.8, 4) is 5.75 Å². The Labute approximate surface area is 128 Å². The van der Waals surface area contributed by atoms with E-state index in [1.807, 2.05) is 0 Å². The maximum Gasteiger partial charge on any atom is 0.122 e. The molecule has 1 N–H and O–H groups in total. The van der Waals surface area contributed by atoms with Crippen LogP contribution in [0.25, 0.3) is 0 Å². The third-order valence-corrected chi connectivity index (χ3v) is 4.85. The molecule has 118 valence electrons. The Morgan fingerprint density at radius 2 is 2.00 bits per heavy atom. The minimum absolute atomic E-state index is 0.177. The number of hydrogen-bond donors (Lipinski definition) is 1. The zero-order chi connectivity index (χ0) is 15.5. The maximum atomic E-state index is 10.6. The number of aliphatic hydroxyl groups excluding tert-OH is 1. The Morgan fingerprint density at radius 3 is 2.67 bits per heavy atom. The van der Waals surface area contributed by atoms with Crippen LogP contribution in [0.15, 0.2) is 18.2 Å². The molecule has 1 unspecified atom stereocenters. The minimum Gasteiger partial charge on any atom is -0.493 e. The fraction of sp³-hybridized carbons (Fsp3) is 0.667. The van der Waals surface area contributed by atoms with E-state index in [0.717, 1.165) is 44.7 Å². The molecule has 0 fully saturated rings. The summed E-state index contributed by atoms with van der Waals surface area (Å²) in [7, 11) is 0. The first-order chi connectivity index (χ1) is 9.98. The number of ether oxygens (including phenoxy) is 1. The molecule has 0 radical (unpaired) electrons. The SMILES string of the molecule is CCN(CC)C(C)(C)C(O)CCc1ccc2c(c1)CCO2. The average Bonchev–Trinajstić information content (AvgIpc) is 2.93. The van der Waals surface area contributed by atoms with E-state index in [2.05, 4.69) is 50.8 Å². The van der Waals surface area contributed by atoms with Crippen molar-refractivity contribution >= 4 is 0 Å². The van der Waals surface area contributed by atoms with Crippen LogP contribution < -0.4 is 4.74 Å². The van der Waals surface area contributed by atoms with Gasteiger partial charge in [-0.1, -0.05) is 26.0 Å². The Hall–Kier alpha value is -1.06. The van der Waals surface area contributed by atoms with Crippen LogP contribution in [0.3, 0.4) is 0 Å². The highest BCUT2D eigenvalue weighted by Gasteiger charge is 2.32. The fourth-order valence-electron chi connectivity index (χ4n) is 3.30. The van der Waals surface area contributed by atoms with E-state index in [0.29, 0.717) is 0 Å². The normalized spacial score (nSPS) is 15.9. The molecule has 21 heavy (non-hydrogen) atoms. The third kappa shape index (κ3) is 3.58. The lowest BCUT2D eigenvalue weighted by molar-refractivity contribution is -0.00887. The molecule has 0 aromatic heterocycles. The summed E-state index contributed by atoms with van der Waals surface area (Å²) in [4.78, 5) is 2.33. The van der Waals surface area contributed by atoms with E-state index in [-0.39, 0.29) is 11.6 Å². The second-order valence-corrected chi connectivity index (χ2v) is 6.42. The maximum absolute atomic E-state index is 10.6. The van der Waals surface area contributed by atoms with Crippen molar-refractivity contribution in [3.63, 3.8) is 0 Å². The first-order valence-electron chi connectivity index (χ1n) is 8.16. The number of hydrogen-bond acceptors (Lipinski definition) is 3. The number of likely N-dealkylation sites (N-methyl/N-ethyl adjacent to an activating group) is 1. The van der Waals surface area contributed by atoms with E-state index < -0.39 is 0 Å². The molecule has 0 bridgehead atoms. The predicted molar refractivity (Wildman–Crippen MR) is 87.0 cm³/mol. The van der Waals surface area contributed by atoms with Gasteiger partial charge in [0.2, 0.25) is 0 Å². The minimum atomic E-state index is -0.318. The smallest absolute Gasteiger partial charge is 0.122 e. The van der Waals surface area contributed by atoms with Gasteiger partial charge in [-0.25, -0.2) is 0 Å². The molecule has 2 rings (SSSR count). The summed E-state index contributed by atoms with van der Waals surface area (Å²) < 4.78 is 5.54. The monoisotopic (exact) mass is 291 g/mol. The van der Waals surface area contributed by atoms with Gasteiger partial charge in [-0.2, -0.15) is 0 Å². The highest BCUT2D eigenvalue weighted by molar-refractivity contribution is 5.39. The number of rotatable bonds is 7. The summed E-state index contributed by atoms with van der Waals surface area (Å²) in [5.74, 6) is 1.03. The highest BCUT2D eigenvalue weighted by Crippen LogP contribution is 2.27. The number of aliphatic hydroxyl groups is 1. The lowest BCUT2D eigenvalue weighted by atomic mass is 9.90. The van der Waals surface area contributed by atoms with Crippen molar-refractivity contribution in [2.75, 3.05) is 19.7 Å². The summed E-state index contributed by atoms with van der Waals surface area (Å²) in [6, 6.07) is 6.43. The number of fused-ring (bicyclic) bond motifs is 1. The number of benzene rings is 1. The summed E-state index contributed by atoms with van der Waals surface area (Å²) in [5.41, 5.74) is 2.43. The lowest BCUT2D eigenvalue weighted by Gasteiger charge is -2.41. The zero-order valence-corrected chi connectivity index (χ0v) is 13.9. The molecule has 0 spiro atoms. The van der Waals surface area contributed by atoms with Crippen LogP contribution in [-0.4, -0.2) is 41.3 Å². The van der Waals surface area contributed by atoms with Crippen LogP contribution in [0.5, 0.6) is 5.75 Å². The molecule has 0 saturated carbocycles.